The van der Waals surface area contributed by atoms with Crippen LogP contribution in [0.5, 0.6) is 0 Å². The molecule has 0 unspecified atom stereocenters. The van der Waals surface area contributed by atoms with Crippen molar-refractivity contribution in [3.8, 4) is 0 Å². The highest BCUT2D eigenvalue weighted by Crippen LogP contribution is 2.30. The molecule has 1 amide bonds. The molecule has 2 aromatic carbocycles. The summed E-state index contributed by atoms with van der Waals surface area (Å²) in [6, 6.07) is 10.7. The molecule has 10 nitrogen and oxygen atoms in total. The summed E-state index contributed by atoms with van der Waals surface area (Å²) in [5.74, 6) is -2.48. The van der Waals surface area contributed by atoms with Gasteiger partial charge in [-0.05, 0) is 30.3 Å². The number of anilines is 1. The van der Waals surface area contributed by atoms with E-state index in [2.05, 4.69) is 4.99 Å². The zero-order valence-electron chi connectivity index (χ0n) is 18.1. The molecule has 4 rings (SSSR count). The molecule has 1 fully saturated rings. The molecular weight excluding hydrogens is 487 g/mol. The number of benzodiazepines with no additional fused rings is 1. The molecule has 0 saturated carbocycles. The summed E-state index contributed by atoms with van der Waals surface area (Å²) < 4.78 is 25.1. The Morgan fingerprint density at radius 1 is 1.14 bits per heavy atom. The number of rotatable bonds is 6. The van der Waals surface area contributed by atoms with Gasteiger partial charge in [0, 0.05) is 22.7 Å². The number of aliphatic hydroxyl groups excluding tert-OH is 3. The SMILES string of the molecule is O=C(O)[C@H]1O[C@@H](OCCN2C(=O)CN=C(c3ccccc3F)c3cc(Cl)ccc32)[C@H](O)[C@@H](O)[C@@H]1O. The van der Waals surface area contributed by atoms with Crippen LogP contribution in [0.4, 0.5) is 10.1 Å². The van der Waals surface area contributed by atoms with E-state index in [0.29, 0.717) is 16.3 Å². The molecule has 12 heteroatoms. The highest BCUT2D eigenvalue weighted by atomic mass is 35.5. The third kappa shape index (κ3) is 5.06. The minimum absolute atomic E-state index is 0.0729. The number of aliphatic carboxylic acids is 1. The molecule has 4 N–H and O–H groups in total. The van der Waals surface area contributed by atoms with Gasteiger partial charge in [-0.15, -0.1) is 0 Å². The third-order valence-corrected chi connectivity index (χ3v) is 5.95. The van der Waals surface area contributed by atoms with Crippen molar-refractivity contribution in [1.29, 1.82) is 0 Å². The Morgan fingerprint density at radius 2 is 1.89 bits per heavy atom. The number of benzene rings is 2. The van der Waals surface area contributed by atoms with E-state index in [0.717, 1.165) is 0 Å². The summed E-state index contributed by atoms with van der Waals surface area (Å²) in [6.07, 6.45) is -8.75. The average molecular weight is 509 g/mol. The van der Waals surface area contributed by atoms with Crippen molar-refractivity contribution in [3.05, 3.63) is 64.4 Å². The summed E-state index contributed by atoms with van der Waals surface area (Å²) in [7, 11) is 0. The highest BCUT2D eigenvalue weighted by molar-refractivity contribution is 6.32. The van der Waals surface area contributed by atoms with E-state index in [9.17, 15) is 29.3 Å². The predicted molar refractivity (Wildman–Crippen MR) is 121 cm³/mol. The Kier molecular flexibility index (Phi) is 7.45. The molecule has 5 atom stereocenters. The molecular formula is C23H22ClFN2O8. The van der Waals surface area contributed by atoms with Crippen molar-refractivity contribution >= 4 is 34.9 Å². The van der Waals surface area contributed by atoms with Gasteiger partial charge in [0.25, 0.3) is 0 Å². The van der Waals surface area contributed by atoms with Gasteiger partial charge >= 0.3 is 5.97 Å². The van der Waals surface area contributed by atoms with Crippen LogP contribution in [-0.2, 0) is 19.1 Å². The average Bonchev–Trinajstić information content (AvgIpc) is 2.95. The standard InChI is InChI=1S/C23H22ClFN2O8/c24-11-5-6-15-13(9-11)17(12-3-1-2-4-14(12)25)26-10-16(28)27(15)7-8-34-23-20(31)18(29)19(30)21(35-23)22(32)33/h1-6,9,18-21,23,29-31H,7-8,10H2,(H,32,33)/t18-,19-,20+,21-,23+/m0/s1. The number of carbonyl (C=O) groups is 2. The van der Waals surface area contributed by atoms with Crippen LogP contribution in [-0.4, -0.2) is 88.4 Å². The summed E-state index contributed by atoms with van der Waals surface area (Å²) >= 11 is 6.18. The first kappa shape index (κ1) is 25.2. The highest BCUT2D eigenvalue weighted by Gasteiger charge is 2.47. The van der Waals surface area contributed by atoms with E-state index in [-0.39, 0.29) is 31.0 Å². The van der Waals surface area contributed by atoms with Gasteiger partial charge in [-0.3, -0.25) is 9.79 Å². The number of halogens is 2. The van der Waals surface area contributed by atoms with E-state index < -0.39 is 48.4 Å². The number of amides is 1. The van der Waals surface area contributed by atoms with Gasteiger partial charge in [0.1, 0.15) is 30.7 Å². The van der Waals surface area contributed by atoms with E-state index in [1.165, 1.54) is 17.0 Å². The topological polar surface area (TPSA) is 149 Å². The molecule has 0 aromatic heterocycles. The Balaban J connectivity index is 1.55. The largest absolute Gasteiger partial charge is 0.479 e. The summed E-state index contributed by atoms with van der Waals surface area (Å²) in [5, 5.41) is 39.3. The minimum Gasteiger partial charge on any atom is -0.479 e. The van der Waals surface area contributed by atoms with Gasteiger partial charge in [-0.1, -0.05) is 23.7 Å². The number of carboxylic acids is 1. The first-order valence-corrected chi connectivity index (χ1v) is 11.0. The lowest BCUT2D eigenvalue weighted by Crippen LogP contribution is -2.60. The lowest BCUT2D eigenvalue weighted by molar-refractivity contribution is -0.293. The lowest BCUT2D eigenvalue weighted by atomic mass is 9.99. The monoisotopic (exact) mass is 508 g/mol. The van der Waals surface area contributed by atoms with Crippen molar-refractivity contribution < 1.29 is 43.9 Å². The Morgan fingerprint density at radius 3 is 2.60 bits per heavy atom. The van der Waals surface area contributed by atoms with Gasteiger partial charge in [-0.25, -0.2) is 9.18 Å². The number of aliphatic hydroxyl groups is 3. The quantitative estimate of drug-likeness (QED) is 0.442. The first-order chi connectivity index (χ1) is 16.7. The zero-order valence-corrected chi connectivity index (χ0v) is 18.9. The molecule has 2 aliphatic rings. The Labute approximate surface area is 203 Å². The number of hydrogen-bond donors (Lipinski definition) is 4. The molecule has 186 valence electrons. The third-order valence-electron chi connectivity index (χ3n) is 5.72. The maximum absolute atomic E-state index is 14.5. The lowest BCUT2D eigenvalue weighted by Gasteiger charge is -2.38. The van der Waals surface area contributed by atoms with Crippen LogP contribution in [0.3, 0.4) is 0 Å². The smallest absolute Gasteiger partial charge is 0.335 e. The molecule has 0 spiro atoms. The van der Waals surface area contributed by atoms with Crippen molar-refractivity contribution in [2.45, 2.75) is 30.7 Å². The van der Waals surface area contributed by atoms with Crippen molar-refractivity contribution in [3.63, 3.8) is 0 Å². The molecule has 35 heavy (non-hydrogen) atoms. The first-order valence-electron chi connectivity index (χ1n) is 10.6. The van der Waals surface area contributed by atoms with E-state index in [1.54, 1.807) is 30.3 Å². The Hall–Kier alpha value is -2.93. The zero-order chi connectivity index (χ0) is 25.3. The van der Waals surface area contributed by atoms with Crippen LogP contribution in [0.15, 0.2) is 47.5 Å². The number of aliphatic imine (C=N–C) groups is 1. The van der Waals surface area contributed by atoms with Crippen molar-refractivity contribution in [2.75, 3.05) is 24.6 Å². The summed E-state index contributed by atoms with van der Waals surface area (Å²) in [6.45, 7) is -0.596. The second-order valence-electron chi connectivity index (χ2n) is 7.96. The maximum atomic E-state index is 14.5. The van der Waals surface area contributed by atoms with E-state index >= 15 is 0 Å². The molecule has 2 aromatic rings. The maximum Gasteiger partial charge on any atom is 0.335 e. The van der Waals surface area contributed by atoms with Crippen molar-refractivity contribution in [2.24, 2.45) is 4.99 Å². The number of carboxylic acid groups (broad SMARTS) is 1. The second kappa shape index (κ2) is 10.4. The molecule has 1 saturated heterocycles. The fraction of sp³-hybridized carbons (Fsp3) is 0.348. The molecule has 2 aliphatic heterocycles. The number of carbonyl (C=O) groups excluding carboxylic acids is 1. The fourth-order valence-corrected chi connectivity index (χ4v) is 4.14. The number of ether oxygens (including phenoxy) is 2. The number of fused-ring (bicyclic) bond motifs is 1. The van der Waals surface area contributed by atoms with Crippen LogP contribution >= 0.6 is 11.6 Å². The number of hydrogen-bond acceptors (Lipinski definition) is 8. The Bertz CT molecular complexity index is 1160. The van der Waals surface area contributed by atoms with Crippen molar-refractivity contribution in [1.82, 2.24) is 0 Å². The van der Waals surface area contributed by atoms with Crippen LogP contribution in [0.25, 0.3) is 0 Å². The second-order valence-corrected chi connectivity index (χ2v) is 8.39. The van der Waals surface area contributed by atoms with Gasteiger partial charge in [0.05, 0.1) is 18.0 Å². The van der Waals surface area contributed by atoms with Gasteiger partial charge < -0.3 is 34.8 Å². The van der Waals surface area contributed by atoms with E-state index in [4.69, 9.17) is 26.2 Å². The summed E-state index contributed by atoms with van der Waals surface area (Å²) in [5.41, 5.74) is 1.27. The van der Waals surface area contributed by atoms with Gasteiger partial charge in [0.2, 0.25) is 5.91 Å². The van der Waals surface area contributed by atoms with Crippen LogP contribution in [0, 0.1) is 5.82 Å². The normalized spacial score (nSPS) is 26.7. The molecule has 0 bridgehead atoms. The minimum atomic E-state index is -1.85. The predicted octanol–water partition coefficient (Wildman–Crippen LogP) is 0.572. The van der Waals surface area contributed by atoms with Crippen LogP contribution < -0.4 is 4.90 Å². The molecule has 2 heterocycles. The fourth-order valence-electron chi connectivity index (χ4n) is 3.96. The van der Waals surface area contributed by atoms with Gasteiger partial charge in [-0.2, -0.15) is 0 Å². The molecule has 0 aliphatic carbocycles. The van der Waals surface area contributed by atoms with Crippen LogP contribution in [0.2, 0.25) is 5.02 Å². The molecule has 0 radical (unpaired) electrons. The van der Waals surface area contributed by atoms with Crippen LogP contribution in [0.1, 0.15) is 11.1 Å². The van der Waals surface area contributed by atoms with E-state index in [1.807, 2.05) is 0 Å². The van der Waals surface area contributed by atoms with Gasteiger partial charge in [0.15, 0.2) is 12.4 Å². The summed E-state index contributed by atoms with van der Waals surface area (Å²) in [4.78, 5) is 29.8. The number of nitrogens with zero attached hydrogens (tertiary/aromatic N) is 2.